The van der Waals surface area contributed by atoms with Crippen LogP contribution < -0.4 is 10.6 Å². The van der Waals surface area contributed by atoms with Crippen molar-refractivity contribution in [1.82, 2.24) is 4.98 Å². The molecule has 0 unspecified atom stereocenters. The summed E-state index contributed by atoms with van der Waals surface area (Å²) in [7, 11) is 0. The highest BCUT2D eigenvalue weighted by Gasteiger charge is 2.21. The van der Waals surface area contributed by atoms with Crippen molar-refractivity contribution in [3.63, 3.8) is 0 Å². The molecular formula is C23H24ClN3OS. The van der Waals surface area contributed by atoms with Gasteiger partial charge in [-0.15, -0.1) is 11.3 Å². The van der Waals surface area contributed by atoms with E-state index < -0.39 is 0 Å². The predicted molar refractivity (Wildman–Crippen MR) is 122 cm³/mol. The molecule has 1 aliphatic carbocycles. The van der Waals surface area contributed by atoms with Crippen LogP contribution in [-0.4, -0.2) is 10.9 Å². The number of halogens is 1. The number of nitrogens with one attached hydrogen (secondary N) is 2. The van der Waals surface area contributed by atoms with Crippen LogP contribution in [0.25, 0.3) is 11.3 Å². The van der Waals surface area contributed by atoms with Crippen molar-refractivity contribution >= 4 is 45.4 Å². The van der Waals surface area contributed by atoms with Crippen molar-refractivity contribution in [1.29, 1.82) is 0 Å². The summed E-state index contributed by atoms with van der Waals surface area (Å²) >= 11 is 7.65. The lowest BCUT2D eigenvalue weighted by molar-refractivity contribution is -0.120. The van der Waals surface area contributed by atoms with E-state index in [0.717, 1.165) is 59.0 Å². The maximum Gasteiger partial charge on any atom is 0.227 e. The zero-order valence-corrected chi connectivity index (χ0v) is 17.9. The van der Waals surface area contributed by atoms with Gasteiger partial charge in [-0.25, -0.2) is 4.98 Å². The lowest BCUT2D eigenvalue weighted by Gasteiger charge is -2.20. The molecule has 1 fully saturated rings. The van der Waals surface area contributed by atoms with E-state index >= 15 is 0 Å². The number of anilines is 3. The zero-order chi connectivity index (χ0) is 20.2. The third-order valence-corrected chi connectivity index (χ3v) is 6.34. The number of amides is 1. The molecule has 0 radical (unpaired) electrons. The van der Waals surface area contributed by atoms with Crippen LogP contribution in [0.2, 0.25) is 5.02 Å². The number of benzene rings is 2. The van der Waals surface area contributed by atoms with Crippen LogP contribution in [0.3, 0.4) is 0 Å². The highest BCUT2D eigenvalue weighted by Crippen LogP contribution is 2.31. The molecule has 4 rings (SSSR count). The second-order valence-electron chi connectivity index (χ2n) is 7.53. The maximum absolute atomic E-state index is 12.5. The van der Waals surface area contributed by atoms with Crippen molar-refractivity contribution < 1.29 is 4.79 Å². The van der Waals surface area contributed by atoms with Crippen LogP contribution in [0.4, 0.5) is 16.5 Å². The summed E-state index contributed by atoms with van der Waals surface area (Å²) in [5.41, 5.74) is 4.75. The van der Waals surface area contributed by atoms with Crippen molar-refractivity contribution in [2.45, 2.75) is 39.0 Å². The normalized spacial score (nSPS) is 14.6. The molecule has 29 heavy (non-hydrogen) atoms. The van der Waals surface area contributed by atoms with Gasteiger partial charge in [0, 0.05) is 33.3 Å². The maximum atomic E-state index is 12.5. The molecule has 1 amide bonds. The summed E-state index contributed by atoms with van der Waals surface area (Å²) in [5, 5.41) is 9.95. The lowest BCUT2D eigenvalue weighted by atomic mass is 9.88. The Morgan fingerprint density at radius 3 is 2.79 bits per heavy atom. The monoisotopic (exact) mass is 425 g/mol. The predicted octanol–water partition coefficient (Wildman–Crippen LogP) is 7.03. The van der Waals surface area contributed by atoms with E-state index in [-0.39, 0.29) is 11.8 Å². The minimum Gasteiger partial charge on any atom is -0.331 e. The second-order valence-corrected chi connectivity index (χ2v) is 8.82. The van der Waals surface area contributed by atoms with Crippen LogP contribution in [-0.2, 0) is 4.79 Å². The third kappa shape index (κ3) is 4.98. The zero-order valence-electron chi connectivity index (χ0n) is 16.4. The lowest BCUT2D eigenvalue weighted by Crippen LogP contribution is -2.24. The van der Waals surface area contributed by atoms with E-state index in [4.69, 9.17) is 16.6 Å². The second kappa shape index (κ2) is 8.97. The largest absolute Gasteiger partial charge is 0.331 e. The Morgan fingerprint density at radius 2 is 1.97 bits per heavy atom. The van der Waals surface area contributed by atoms with E-state index in [2.05, 4.69) is 10.6 Å². The molecular weight excluding hydrogens is 402 g/mol. The van der Waals surface area contributed by atoms with E-state index in [0.29, 0.717) is 5.02 Å². The first-order chi connectivity index (χ1) is 14.1. The minimum atomic E-state index is 0.138. The summed E-state index contributed by atoms with van der Waals surface area (Å²) in [5.74, 6) is 0.280. The molecule has 0 aliphatic heterocycles. The Balaban J connectivity index is 1.47. The molecule has 0 saturated heterocycles. The van der Waals surface area contributed by atoms with E-state index in [1.165, 1.54) is 6.42 Å². The first kappa shape index (κ1) is 19.9. The summed E-state index contributed by atoms with van der Waals surface area (Å²) in [6.45, 7) is 2.03. The molecule has 1 saturated carbocycles. The summed E-state index contributed by atoms with van der Waals surface area (Å²) in [4.78, 5) is 17.2. The fourth-order valence-electron chi connectivity index (χ4n) is 3.67. The van der Waals surface area contributed by atoms with Gasteiger partial charge in [0.25, 0.3) is 0 Å². The number of aryl methyl sites for hydroxylation is 1. The fraction of sp³-hybridized carbons (Fsp3) is 0.304. The molecule has 1 heterocycles. The molecule has 6 heteroatoms. The van der Waals surface area contributed by atoms with Gasteiger partial charge in [-0.2, -0.15) is 0 Å². The molecule has 2 N–H and O–H groups in total. The Labute approximate surface area is 180 Å². The van der Waals surface area contributed by atoms with Gasteiger partial charge < -0.3 is 10.6 Å². The van der Waals surface area contributed by atoms with Crippen LogP contribution >= 0.6 is 22.9 Å². The van der Waals surface area contributed by atoms with Crippen LogP contribution in [0.15, 0.2) is 47.8 Å². The standard InChI is InChI=1S/C23H24ClN3OS/c1-15-10-11-18(24)13-20(15)26-23-27-21(14-29-23)17-8-5-9-19(12-17)25-22(28)16-6-3-2-4-7-16/h5,8-14,16H,2-4,6-7H2,1H3,(H,25,28)(H,26,27). The van der Waals surface area contributed by atoms with Gasteiger partial charge in [-0.1, -0.05) is 49.1 Å². The third-order valence-electron chi connectivity index (χ3n) is 5.35. The number of aromatic nitrogens is 1. The van der Waals surface area contributed by atoms with Crippen molar-refractivity contribution in [3.8, 4) is 11.3 Å². The van der Waals surface area contributed by atoms with Gasteiger partial charge in [-0.05, 0) is 49.6 Å². The summed E-state index contributed by atoms with van der Waals surface area (Å²) in [6, 6.07) is 13.7. The highest BCUT2D eigenvalue weighted by molar-refractivity contribution is 7.14. The van der Waals surface area contributed by atoms with Gasteiger partial charge in [0.15, 0.2) is 5.13 Å². The molecule has 2 aromatic carbocycles. The first-order valence-corrected chi connectivity index (χ1v) is 11.2. The van der Waals surface area contributed by atoms with E-state index in [9.17, 15) is 4.79 Å². The van der Waals surface area contributed by atoms with Crippen molar-refractivity contribution in [3.05, 3.63) is 58.4 Å². The van der Waals surface area contributed by atoms with Crippen molar-refractivity contribution in [2.75, 3.05) is 10.6 Å². The molecule has 3 aromatic rings. The summed E-state index contributed by atoms with van der Waals surface area (Å²) in [6.07, 6.45) is 5.54. The van der Waals surface area contributed by atoms with E-state index in [1.807, 2.05) is 54.8 Å². The average molecular weight is 426 g/mol. The van der Waals surface area contributed by atoms with Crippen molar-refractivity contribution in [2.24, 2.45) is 5.92 Å². The smallest absolute Gasteiger partial charge is 0.227 e. The molecule has 0 spiro atoms. The number of hydrogen-bond acceptors (Lipinski definition) is 4. The highest BCUT2D eigenvalue weighted by atomic mass is 35.5. The number of thiazole rings is 1. The number of hydrogen-bond donors (Lipinski definition) is 2. The average Bonchev–Trinajstić information content (AvgIpc) is 3.20. The van der Waals surface area contributed by atoms with Gasteiger partial charge >= 0.3 is 0 Å². The number of rotatable bonds is 5. The Bertz CT molecular complexity index is 1010. The van der Waals surface area contributed by atoms with Crippen LogP contribution in [0, 0.1) is 12.8 Å². The SMILES string of the molecule is Cc1ccc(Cl)cc1Nc1nc(-c2cccc(NC(=O)C3CCCCC3)c2)cs1. The number of carbonyl (C=O) groups is 1. The Kier molecular flexibility index (Phi) is 6.16. The molecule has 4 nitrogen and oxygen atoms in total. The first-order valence-electron chi connectivity index (χ1n) is 9.98. The molecule has 1 aromatic heterocycles. The molecule has 0 atom stereocenters. The molecule has 1 aliphatic rings. The quantitative estimate of drug-likeness (QED) is 0.461. The minimum absolute atomic E-state index is 0.138. The fourth-order valence-corrected chi connectivity index (χ4v) is 4.58. The van der Waals surface area contributed by atoms with Crippen LogP contribution in [0.1, 0.15) is 37.7 Å². The number of nitrogens with zero attached hydrogens (tertiary/aromatic N) is 1. The summed E-state index contributed by atoms with van der Waals surface area (Å²) < 4.78 is 0. The van der Waals surface area contributed by atoms with Crippen LogP contribution in [0.5, 0.6) is 0 Å². The van der Waals surface area contributed by atoms with E-state index in [1.54, 1.807) is 11.3 Å². The van der Waals surface area contributed by atoms with Gasteiger partial charge in [0.2, 0.25) is 5.91 Å². The Hall–Kier alpha value is -2.37. The molecule has 0 bridgehead atoms. The molecule has 150 valence electrons. The van der Waals surface area contributed by atoms with Gasteiger partial charge in [0.1, 0.15) is 0 Å². The van der Waals surface area contributed by atoms with Gasteiger partial charge in [-0.3, -0.25) is 4.79 Å². The topological polar surface area (TPSA) is 54.0 Å². The number of carbonyl (C=O) groups excluding carboxylic acids is 1. The Morgan fingerprint density at radius 1 is 1.14 bits per heavy atom. The van der Waals surface area contributed by atoms with Gasteiger partial charge in [0.05, 0.1) is 5.69 Å².